The number of para-hydroxylation sites is 1. The maximum atomic E-state index is 11.5. The molecule has 2 aromatic carbocycles. The Hall–Kier alpha value is -1.35. The topological polar surface area (TPSA) is 60.5 Å². The lowest BCUT2D eigenvalue weighted by Gasteiger charge is -2.38. The van der Waals surface area contributed by atoms with Gasteiger partial charge in [-0.3, -0.25) is 4.90 Å². The quantitative estimate of drug-likeness (QED) is 0.478. The van der Waals surface area contributed by atoms with Gasteiger partial charge in [0.25, 0.3) is 5.19 Å². The molecule has 2 aliphatic heterocycles. The molecule has 4 atom stereocenters. The molecule has 0 amide bonds. The predicted octanol–water partition coefficient (Wildman–Crippen LogP) is 5.16. The molecule has 2 aliphatic rings. The van der Waals surface area contributed by atoms with Gasteiger partial charge in [-0.15, -0.1) is 4.72 Å². The Morgan fingerprint density at radius 3 is 2.61 bits per heavy atom. The molecule has 1 N–H and O–H groups in total. The van der Waals surface area contributed by atoms with Crippen molar-refractivity contribution in [2.45, 2.75) is 50.2 Å². The number of nitrogens with one attached hydrogen (secondary N) is 1. The molecular weight excluding hydrogens is 450 g/mol. The first-order chi connectivity index (χ1) is 15.0. The SMILES string of the molecule is C[S+]([O-])N[C@@H]1C[C@H]2CC[C@@H](C1)N2CCc1ccc(Oc2nc3c(Cl)cccc3s2)cc1. The van der Waals surface area contributed by atoms with Gasteiger partial charge in [0, 0.05) is 30.0 Å². The van der Waals surface area contributed by atoms with E-state index in [1.54, 1.807) is 6.26 Å². The number of benzene rings is 2. The van der Waals surface area contributed by atoms with Crippen LogP contribution in [-0.4, -0.2) is 45.4 Å². The maximum absolute atomic E-state index is 11.5. The van der Waals surface area contributed by atoms with E-state index in [0.29, 0.717) is 28.3 Å². The second-order valence-electron chi connectivity index (χ2n) is 8.43. The third-order valence-corrected chi connectivity index (χ3v) is 8.22. The van der Waals surface area contributed by atoms with Crippen molar-refractivity contribution < 1.29 is 9.29 Å². The third kappa shape index (κ3) is 4.87. The summed E-state index contributed by atoms with van der Waals surface area (Å²) in [6.45, 7) is 1.08. The van der Waals surface area contributed by atoms with Crippen molar-refractivity contribution in [3.8, 4) is 10.9 Å². The molecule has 5 nitrogen and oxygen atoms in total. The number of hydrogen-bond donors (Lipinski definition) is 1. The highest BCUT2D eigenvalue weighted by Crippen LogP contribution is 2.36. The van der Waals surface area contributed by atoms with Gasteiger partial charge in [0.1, 0.15) is 17.5 Å². The van der Waals surface area contributed by atoms with Crippen LogP contribution in [0.1, 0.15) is 31.2 Å². The molecule has 8 heteroatoms. The third-order valence-electron chi connectivity index (χ3n) is 6.35. The van der Waals surface area contributed by atoms with Gasteiger partial charge in [-0.05, 0) is 61.9 Å². The van der Waals surface area contributed by atoms with Crippen molar-refractivity contribution in [3.05, 3.63) is 53.1 Å². The molecule has 3 heterocycles. The van der Waals surface area contributed by atoms with Crippen molar-refractivity contribution >= 4 is 44.5 Å². The van der Waals surface area contributed by atoms with Crippen molar-refractivity contribution in [1.82, 2.24) is 14.6 Å². The van der Waals surface area contributed by atoms with E-state index < -0.39 is 11.4 Å². The van der Waals surface area contributed by atoms with Crippen molar-refractivity contribution in [2.24, 2.45) is 0 Å². The number of nitrogens with zero attached hydrogens (tertiary/aromatic N) is 2. The Kier molecular flexibility index (Phi) is 6.42. The smallest absolute Gasteiger partial charge is 0.279 e. The van der Waals surface area contributed by atoms with Crippen LogP contribution in [0, 0.1) is 0 Å². The van der Waals surface area contributed by atoms with Gasteiger partial charge < -0.3 is 9.29 Å². The van der Waals surface area contributed by atoms with Crippen LogP contribution >= 0.6 is 22.9 Å². The second kappa shape index (κ2) is 9.25. The number of rotatable bonds is 7. The number of halogens is 1. The summed E-state index contributed by atoms with van der Waals surface area (Å²) in [6, 6.07) is 15.7. The van der Waals surface area contributed by atoms with Crippen LogP contribution in [0.4, 0.5) is 0 Å². The molecule has 0 radical (unpaired) electrons. The van der Waals surface area contributed by atoms with Crippen LogP contribution in [0.2, 0.25) is 5.02 Å². The molecule has 2 fully saturated rings. The number of ether oxygens (including phenoxy) is 1. The summed E-state index contributed by atoms with van der Waals surface area (Å²) in [5.74, 6) is 0.790. The van der Waals surface area contributed by atoms with Crippen LogP contribution in [0.3, 0.4) is 0 Å². The highest BCUT2D eigenvalue weighted by Gasteiger charge is 2.41. The van der Waals surface area contributed by atoms with Gasteiger partial charge in [-0.1, -0.05) is 41.1 Å². The zero-order valence-electron chi connectivity index (χ0n) is 17.4. The fraction of sp³-hybridized carbons (Fsp3) is 0.435. The highest BCUT2D eigenvalue weighted by molar-refractivity contribution is 7.88. The Bertz CT molecular complexity index is 1030. The second-order valence-corrected chi connectivity index (χ2v) is 11.0. The van der Waals surface area contributed by atoms with E-state index in [1.807, 2.05) is 30.3 Å². The van der Waals surface area contributed by atoms with Crippen molar-refractivity contribution in [1.29, 1.82) is 0 Å². The molecule has 1 aromatic heterocycles. The van der Waals surface area contributed by atoms with E-state index in [9.17, 15) is 4.55 Å². The van der Waals surface area contributed by atoms with E-state index in [-0.39, 0.29) is 0 Å². The number of fused-ring (bicyclic) bond motifs is 3. The maximum Gasteiger partial charge on any atom is 0.279 e. The first kappa shape index (κ1) is 21.5. The van der Waals surface area contributed by atoms with E-state index in [0.717, 1.165) is 41.8 Å². The molecule has 0 aliphatic carbocycles. The number of hydrogen-bond acceptors (Lipinski definition) is 6. The predicted molar refractivity (Wildman–Crippen MR) is 129 cm³/mol. The van der Waals surface area contributed by atoms with Crippen LogP contribution in [0.25, 0.3) is 10.2 Å². The van der Waals surface area contributed by atoms with Gasteiger partial charge in [0.15, 0.2) is 0 Å². The standard InChI is InChI=1S/C23H26ClN3O2S2/c1-31(28)26-16-13-17-7-8-18(14-16)27(17)12-11-15-5-9-19(10-6-15)29-23-25-22-20(24)3-2-4-21(22)30-23/h2-6,9-10,16-18,26H,7-8,11-14H2,1H3/t16-,17-,18+,31?. The fourth-order valence-electron chi connectivity index (χ4n) is 4.99. The molecule has 31 heavy (non-hydrogen) atoms. The van der Waals surface area contributed by atoms with Gasteiger partial charge >= 0.3 is 0 Å². The summed E-state index contributed by atoms with van der Waals surface area (Å²) < 4.78 is 21.7. The minimum Gasteiger partial charge on any atom is -0.598 e. The zero-order valence-corrected chi connectivity index (χ0v) is 19.8. The molecule has 5 rings (SSSR count). The summed E-state index contributed by atoms with van der Waals surface area (Å²) in [7, 11) is 0. The van der Waals surface area contributed by atoms with E-state index in [1.165, 1.54) is 29.7 Å². The molecular formula is C23H26ClN3O2S2. The van der Waals surface area contributed by atoms with Crippen LogP contribution in [0.5, 0.6) is 10.9 Å². The Labute approximate surface area is 195 Å². The van der Waals surface area contributed by atoms with E-state index in [4.69, 9.17) is 16.3 Å². The van der Waals surface area contributed by atoms with Crippen LogP contribution in [0.15, 0.2) is 42.5 Å². The molecule has 0 spiro atoms. The van der Waals surface area contributed by atoms with Crippen LogP contribution < -0.4 is 9.46 Å². The fourth-order valence-corrected chi connectivity index (χ4v) is 6.79. The lowest BCUT2D eigenvalue weighted by atomic mass is 9.97. The molecule has 2 saturated heterocycles. The summed E-state index contributed by atoms with van der Waals surface area (Å²) in [5, 5.41) is 1.26. The average Bonchev–Trinajstić information content (AvgIpc) is 3.25. The Balaban J connectivity index is 1.17. The lowest BCUT2D eigenvalue weighted by molar-refractivity contribution is 0.125. The van der Waals surface area contributed by atoms with Gasteiger partial charge in [-0.25, -0.2) is 4.98 Å². The summed E-state index contributed by atoms with van der Waals surface area (Å²) in [4.78, 5) is 7.18. The monoisotopic (exact) mass is 475 g/mol. The summed E-state index contributed by atoms with van der Waals surface area (Å²) >= 11 is 6.79. The summed E-state index contributed by atoms with van der Waals surface area (Å²) in [6.07, 6.45) is 7.50. The first-order valence-corrected chi connectivity index (χ1v) is 13.5. The largest absolute Gasteiger partial charge is 0.598 e. The first-order valence-electron chi connectivity index (χ1n) is 10.7. The van der Waals surface area contributed by atoms with Crippen molar-refractivity contribution in [3.63, 3.8) is 0 Å². The van der Waals surface area contributed by atoms with E-state index in [2.05, 4.69) is 26.7 Å². The normalized spacial score (nSPS) is 24.5. The minimum atomic E-state index is -0.924. The van der Waals surface area contributed by atoms with Gasteiger partial charge in [0.05, 0.1) is 15.8 Å². The molecule has 164 valence electrons. The zero-order chi connectivity index (χ0) is 21.4. The molecule has 0 saturated carbocycles. The summed E-state index contributed by atoms with van der Waals surface area (Å²) in [5.41, 5.74) is 2.11. The van der Waals surface area contributed by atoms with Crippen LogP contribution in [-0.2, 0) is 17.8 Å². The average molecular weight is 476 g/mol. The lowest BCUT2D eigenvalue weighted by Crippen LogP contribution is -2.50. The number of piperidine rings is 1. The number of thiazole rings is 1. The van der Waals surface area contributed by atoms with Gasteiger partial charge in [-0.2, -0.15) is 0 Å². The number of aromatic nitrogens is 1. The van der Waals surface area contributed by atoms with Crippen molar-refractivity contribution in [2.75, 3.05) is 12.8 Å². The van der Waals surface area contributed by atoms with Gasteiger partial charge in [0.2, 0.25) is 0 Å². The molecule has 2 bridgehead atoms. The molecule has 1 unspecified atom stereocenters. The Morgan fingerprint density at radius 1 is 1.19 bits per heavy atom. The van der Waals surface area contributed by atoms with E-state index >= 15 is 0 Å². The minimum absolute atomic E-state index is 0.397. The molecule has 3 aromatic rings. The Morgan fingerprint density at radius 2 is 1.94 bits per heavy atom. The highest BCUT2D eigenvalue weighted by atomic mass is 35.5.